The second kappa shape index (κ2) is 5.10. The molecule has 0 fully saturated rings. The standard InChI is InChI=1S/C13H18N4/c1-10(12-6-4-5-7-14-12)16-11(2)13-15-8-9-17(13)3/h4-11,16H,1-3H3. The maximum atomic E-state index is 4.35. The predicted octanol–water partition coefficient (Wildman–Crippen LogP) is 2.23. The van der Waals surface area contributed by atoms with Crippen LogP contribution in [-0.2, 0) is 7.05 Å². The number of imidazole rings is 1. The van der Waals surface area contributed by atoms with Crippen LogP contribution in [0.15, 0.2) is 36.8 Å². The van der Waals surface area contributed by atoms with Gasteiger partial charge >= 0.3 is 0 Å². The van der Waals surface area contributed by atoms with Crippen molar-refractivity contribution in [3.63, 3.8) is 0 Å². The molecule has 0 saturated carbocycles. The van der Waals surface area contributed by atoms with Gasteiger partial charge in [0, 0.05) is 31.7 Å². The molecule has 0 aliphatic heterocycles. The molecule has 0 aromatic carbocycles. The fourth-order valence-corrected chi connectivity index (χ4v) is 1.96. The summed E-state index contributed by atoms with van der Waals surface area (Å²) in [7, 11) is 2.01. The van der Waals surface area contributed by atoms with E-state index in [0.717, 1.165) is 11.5 Å². The van der Waals surface area contributed by atoms with Crippen molar-refractivity contribution in [2.45, 2.75) is 25.9 Å². The molecule has 0 radical (unpaired) electrons. The first-order chi connectivity index (χ1) is 8.18. The van der Waals surface area contributed by atoms with Crippen molar-refractivity contribution in [2.24, 2.45) is 7.05 Å². The molecule has 4 nitrogen and oxygen atoms in total. The topological polar surface area (TPSA) is 42.7 Å². The SMILES string of the molecule is CC(NC(C)c1nccn1C)c1ccccn1. The zero-order valence-electron chi connectivity index (χ0n) is 10.5. The summed E-state index contributed by atoms with van der Waals surface area (Å²) in [4.78, 5) is 8.69. The van der Waals surface area contributed by atoms with Gasteiger partial charge in [-0.15, -0.1) is 0 Å². The van der Waals surface area contributed by atoms with Crippen LogP contribution in [0.1, 0.15) is 37.4 Å². The zero-order chi connectivity index (χ0) is 12.3. The Morgan fingerprint density at radius 3 is 2.53 bits per heavy atom. The Labute approximate surface area is 102 Å². The molecule has 0 saturated heterocycles. The highest BCUT2D eigenvalue weighted by Gasteiger charge is 2.14. The monoisotopic (exact) mass is 230 g/mol. The minimum atomic E-state index is 0.201. The Hall–Kier alpha value is -1.68. The summed E-state index contributed by atoms with van der Waals surface area (Å²) < 4.78 is 2.03. The molecule has 2 aromatic rings. The quantitative estimate of drug-likeness (QED) is 0.875. The summed E-state index contributed by atoms with van der Waals surface area (Å²) >= 11 is 0. The molecule has 2 heterocycles. The van der Waals surface area contributed by atoms with E-state index in [1.807, 2.05) is 48.4 Å². The smallest absolute Gasteiger partial charge is 0.125 e. The first-order valence-corrected chi connectivity index (χ1v) is 5.82. The normalized spacial score (nSPS) is 14.5. The first-order valence-electron chi connectivity index (χ1n) is 5.82. The maximum absolute atomic E-state index is 4.35. The number of nitrogens with zero attached hydrogens (tertiary/aromatic N) is 3. The van der Waals surface area contributed by atoms with Crippen LogP contribution in [0, 0.1) is 0 Å². The number of pyridine rings is 1. The third-order valence-corrected chi connectivity index (χ3v) is 2.88. The summed E-state index contributed by atoms with van der Waals surface area (Å²) in [6.45, 7) is 4.23. The highest BCUT2D eigenvalue weighted by Crippen LogP contribution is 2.15. The Morgan fingerprint density at radius 1 is 1.12 bits per heavy atom. The van der Waals surface area contributed by atoms with Crippen molar-refractivity contribution in [2.75, 3.05) is 0 Å². The van der Waals surface area contributed by atoms with Gasteiger partial charge in [-0.3, -0.25) is 10.3 Å². The van der Waals surface area contributed by atoms with Crippen LogP contribution in [-0.4, -0.2) is 14.5 Å². The Balaban J connectivity index is 2.05. The highest BCUT2D eigenvalue weighted by molar-refractivity contribution is 5.09. The van der Waals surface area contributed by atoms with Crippen LogP contribution >= 0.6 is 0 Å². The molecule has 2 aromatic heterocycles. The molecule has 90 valence electrons. The maximum Gasteiger partial charge on any atom is 0.125 e. The molecule has 0 spiro atoms. The largest absolute Gasteiger partial charge is 0.337 e. The second-order valence-corrected chi connectivity index (χ2v) is 4.26. The summed E-state index contributed by atoms with van der Waals surface area (Å²) in [6.07, 6.45) is 5.59. The minimum absolute atomic E-state index is 0.201. The summed E-state index contributed by atoms with van der Waals surface area (Å²) in [5.74, 6) is 1.03. The molecule has 2 atom stereocenters. The van der Waals surface area contributed by atoms with Gasteiger partial charge in [0.2, 0.25) is 0 Å². The third-order valence-electron chi connectivity index (χ3n) is 2.88. The van der Waals surface area contributed by atoms with Crippen molar-refractivity contribution in [1.29, 1.82) is 0 Å². The van der Waals surface area contributed by atoms with Crippen LogP contribution in [0.5, 0.6) is 0 Å². The van der Waals surface area contributed by atoms with Crippen LogP contribution in [0.4, 0.5) is 0 Å². The van der Waals surface area contributed by atoms with Gasteiger partial charge in [0.05, 0.1) is 11.7 Å². The molecule has 0 aliphatic rings. The van der Waals surface area contributed by atoms with Gasteiger partial charge in [0.1, 0.15) is 5.82 Å². The zero-order valence-corrected chi connectivity index (χ0v) is 10.5. The molecule has 17 heavy (non-hydrogen) atoms. The fourth-order valence-electron chi connectivity index (χ4n) is 1.96. The lowest BCUT2D eigenvalue weighted by Crippen LogP contribution is -2.25. The van der Waals surface area contributed by atoms with E-state index in [0.29, 0.717) is 0 Å². The molecule has 0 amide bonds. The Bertz CT molecular complexity index is 463. The third kappa shape index (κ3) is 2.71. The summed E-state index contributed by atoms with van der Waals surface area (Å²) in [6, 6.07) is 6.38. The number of nitrogens with one attached hydrogen (secondary N) is 1. The van der Waals surface area contributed by atoms with Gasteiger partial charge in [0.25, 0.3) is 0 Å². The predicted molar refractivity (Wildman–Crippen MR) is 67.4 cm³/mol. The summed E-state index contributed by atoms with van der Waals surface area (Å²) in [5, 5.41) is 3.49. The van der Waals surface area contributed by atoms with Crippen molar-refractivity contribution in [3.05, 3.63) is 48.3 Å². The molecule has 4 heteroatoms. The van der Waals surface area contributed by atoms with Crippen molar-refractivity contribution >= 4 is 0 Å². The van der Waals surface area contributed by atoms with E-state index < -0.39 is 0 Å². The number of aryl methyl sites for hydroxylation is 1. The van der Waals surface area contributed by atoms with Gasteiger partial charge in [-0.05, 0) is 26.0 Å². The van der Waals surface area contributed by atoms with E-state index in [4.69, 9.17) is 0 Å². The van der Waals surface area contributed by atoms with E-state index in [9.17, 15) is 0 Å². The van der Waals surface area contributed by atoms with Crippen LogP contribution in [0.25, 0.3) is 0 Å². The van der Waals surface area contributed by atoms with Crippen molar-refractivity contribution in [3.8, 4) is 0 Å². The van der Waals surface area contributed by atoms with Gasteiger partial charge in [-0.25, -0.2) is 4.98 Å². The highest BCUT2D eigenvalue weighted by atomic mass is 15.1. The van der Waals surface area contributed by atoms with Crippen molar-refractivity contribution < 1.29 is 0 Å². The van der Waals surface area contributed by atoms with E-state index >= 15 is 0 Å². The molecular weight excluding hydrogens is 212 g/mol. The van der Waals surface area contributed by atoms with Crippen molar-refractivity contribution in [1.82, 2.24) is 19.9 Å². The summed E-state index contributed by atoms with van der Waals surface area (Å²) in [5.41, 5.74) is 1.05. The average Bonchev–Trinajstić information content (AvgIpc) is 2.76. The lowest BCUT2D eigenvalue weighted by Gasteiger charge is -2.19. The molecule has 0 bridgehead atoms. The average molecular weight is 230 g/mol. The molecule has 0 aliphatic carbocycles. The minimum Gasteiger partial charge on any atom is -0.337 e. The number of rotatable bonds is 4. The van der Waals surface area contributed by atoms with Gasteiger partial charge in [-0.1, -0.05) is 6.07 Å². The van der Waals surface area contributed by atoms with E-state index in [1.54, 1.807) is 0 Å². The van der Waals surface area contributed by atoms with Gasteiger partial charge in [-0.2, -0.15) is 0 Å². The molecular formula is C13H18N4. The van der Waals surface area contributed by atoms with Crippen LogP contribution < -0.4 is 5.32 Å². The van der Waals surface area contributed by atoms with Crippen LogP contribution in [0.2, 0.25) is 0 Å². The first kappa shape index (κ1) is 11.8. The van der Waals surface area contributed by atoms with E-state index in [1.165, 1.54) is 0 Å². The molecule has 2 unspecified atom stereocenters. The Kier molecular flexibility index (Phi) is 3.54. The number of aromatic nitrogens is 3. The molecule has 2 rings (SSSR count). The number of hydrogen-bond donors (Lipinski definition) is 1. The lowest BCUT2D eigenvalue weighted by molar-refractivity contribution is 0.460. The van der Waals surface area contributed by atoms with Gasteiger partial charge in [0.15, 0.2) is 0 Å². The van der Waals surface area contributed by atoms with Gasteiger partial charge < -0.3 is 4.57 Å². The van der Waals surface area contributed by atoms with E-state index in [-0.39, 0.29) is 12.1 Å². The Morgan fingerprint density at radius 2 is 1.94 bits per heavy atom. The second-order valence-electron chi connectivity index (χ2n) is 4.26. The van der Waals surface area contributed by atoms with Crippen LogP contribution in [0.3, 0.4) is 0 Å². The molecule has 1 N–H and O–H groups in total. The fraction of sp³-hybridized carbons (Fsp3) is 0.385. The lowest BCUT2D eigenvalue weighted by atomic mass is 10.2. The number of hydrogen-bond acceptors (Lipinski definition) is 3. The van der Waals surface area contributed by atoms with E-state index in [2.05, 4.69) is 29.1 Å².